The number of carbonyl (C=O) groups is 1. The second kappa shape index (κ2) is 6.38. The zero-order chi connectivity index (χ0) is 12.1. The van der Waals surface area contributed by atoms with Crippen molar-refractivity contribution in [2.45, 2.75) is 24.2 Å². The van der Waals surface area contributed by atoms with Crippen LogP contribution in [-0.4, -0.2) is 12.0 Å². The molecule has 0 N–H and O–H groups in total. The van der Waals surface area contributed by atoms with Gasteiger partial charge >= 0.3 is 0 Å². The van der Waals surface area contributed by atoms with Gasteiger partial charge < -0.3 is 0 Å². The Bertz CT molecular complexity index is 471. The Morgan fingerprint density at radius 3 is 2.88 bits per heavy atom. The van der Waals surface area contributed by atoms with Gasteiger partial charge in [0.25, 0.3) is 0 Å². The maximum atomic E-state index is 11.8. The molecule has 0 unspecified atom stereocenters. The molecule has 90 valence electrons. The summed E-state index contributed by atoms with van der Waals surface area (Å²) in [5.41, 5.74) is 0. The first-order valence-electron chi connectivity index (χ1n) is 5.43. The highest BCUT2D eigenvalue weighted by Crippen LogP contribution is 2.23. The Morgan fingerprint density at radius 1 is 1.35 bits per heavy atom. The van der Waals surface area contributed by atoms with Crippen LogP contribution in [0.4, 0.5) is 0 Å². The summed E-state index contributed by atoms with van der Waals surface area (Å²) in [6.45, 7) is 0. The van der Waals surface area contributed by atoms with Gasteiger partial charge in [-0.3, -0.25) is 4.79 Å². The zero-order valence-corrected chi connectivity index (χ0v) is 12.1. The molecular weight excluding hydrogens is 268 g/mol. The standard InChI is InChI=1S/C13H14OS3/c1-15-13-8-12(17-9-13)5-4-10(14)7-11-3-2-6-16-11/h2-3,6,8-9H,4-5,7H2,1H3. The molecule has 0 amide bonds. The molecule has 0 bridgehead atoms. The van der Waals surface area contributed by atoms with E-state index in [4.69, 9.17) is 0 Å². The molecule has 2 aromatic rings. The average molecular weight is 282 g/mol. The summed E-state index contributed by atoms with van der Waals surface area (Å²) >= 11 is 5.17. The second-order valence-electron chi connectivity index (χ2n) is 3.75. The minimum absolute atomic E-state index is 0.339. The molecule has 0 aromatic carbocycles. The number of thioether (sulfide) groups is 1. The van der Waals surface area contributed by atoms with Crippen LogP contribution in [0.15, 0.2) is 33.9 Å². The third-order valence-corrected chi connectivity index (χ3v) is 5.20. The third-order valence-electron chi connectivity index (χ3n) is 2.47. The van der Waals surface area contributed by atoms with Crippen molar-refractivity contribution in [3.8, 4) is 0 Å². The van der Waals surface area contributed by atoms with Gasteiger partial charge in [0.15, 0.2) is 0 Å². The molecule has 0 aliphatic heterocycles. The molecule has 0 aliphatic rings. The number of ketones is 1. The Morgan fingerprint density at radius 2 is 2.24 bits per heavy atom. The zero-order valence-electron chi connectivity index (χ0n) is 9.64. The van der Waals surface area contributed by atoms with Crippen molar-refractivity contribution in [3.05, 3.63) is 38.7 Å². The Balaban J connectivity index is 1.79. The van der Waals surface area contributed by atoms with Crippen LogP contribution in [0.2, 0.25) is 0 Å². The molecule has 0 radical (unpaired) electrons. The molecule has 0 saturated carbocycles. The molecule has 0 fully saturated rings. The number of thiophene rings is 2. The first-order chi connectivity index (χ1) is 8.28. The van der Waals surface area contributed by atoms with E-state index in [1.807, 2.05) is 17.5 Å². The fraction of sp³-hybridized carbons (Fsp3) is 0.308. The molecule has 1 nitrogen and oxygen atoms in total. The summed E-state index contributed by atoms with van der Waals surface area (Å²) in [5.74, 6) is 0.339. The molecule has 0 saturated heterocycles. The van der Waals surface area contributed by atoms with Gasteiger partial charge in [-0.2, -0.15) is 0 Å². The van der Waals surface area contributed by atoms with Crippen molar-refractivity contribution >= 4 is 40.2 Å². The lowest BCUT2D eigenvalue weighted by Crippen LogP contribution is -2.02. The highest BCUT2D eigenvalue weighted by Gasteiger charge is 2.06. The fourth-order valence-electron chi connectivity index (χ4n) is 1.56. The van der Waals surface area contributed by atoms with Crippen LogP contribution in [0.25, 0.3) is 0 Å². The van der Waals surface area contributed by atoms with E-state index < -0.39 is 0 Å². The van der Waals surface area contributed by atoms with Gasteiger partial charge in [0.05, 0.1) is 0 Å². The van der Waals surface area contributed by atoms with Gasteiger partial charge in [0.1, 0.15) is 5.78 Å². The quantitative estimate of drug-likeness (QED) is 0.736. The van der Waals surface area contributed by atoms with Crippen LogP contribution in [0, 0.1) is 0 Å². The number of aryl methyl sites for hydroxylation is 1. The van der Waals surface area contributed by atoms with Crippen molar-refractivity contribution in [1.82, 2.24) is 0 Å². The molecule has 2 heterocycles. The fourth-order valence-corrected chi connectivity index (χ4v) is 3.90. The normalized spacial score (nSPS) is 10.6. The summed E-state index contributed by atoms with van der Waals surface area (Å²) in [5, 5.41) is 4.18. The first-order valence-corrected chi connectivity index (χ1v) is 8.42. The predicted molar refractivity (Wildman–Crippen MR) is 77.5 cm³/mol. The lowest BCUT2D eigenvalue weighted by Gasteiger charge is -1.97. The van der Waals surface area contributed by atoms with Crippen molar-refractivity contribution < 1.29 is 4.79 Å². The van der Waals surface area contributed by atoms with Gasteiger partial charge in [0.2, 0.25) is 0 Å². The molecule has 17 heavy (non-hydrogen) atoms. The molecule has 2 aromatic heterocycles. The highest BCUT2D eigenvalue weighted by molar-refractivity contribution is 7.98. The van der Waals surface area contributed by atoms with Crippen molar-refractivity contribution in [2.75, 3.05) is 6.26 Å². The minimum atomic E-state index is 0.339. The molecular formula is C13H14OS3. The maximum Gasteiger partial charge on any atom is 0.138 e. The second-order valence-corrected chi connectivity index (χ2v) is 6.66. The highest BCUT2D eigenvalue weighted by atomic mass is 32.2. The molecule has 2 rings (SSSR count). The summed E-state index contributed by atoms with van der Waals surface area (Å²) < 4.78 is 0. The van der Waals surface area contributed by atoms with Crippen LogP contribution < -0.4 is 0 Å². The number of carbonyl (C=O) groups excluding carboxylic acids is 1. The molecule has 0 atom stereocenters. The lowest BCUT2D eigenvalue weighted by atomic mass is 10.1. The Hall–Kier alpha value is -0.580. The topological polar surface area (TPSA) is 17.1 Å². The number of rotatable bonds is 6. The van der Waals surface area contributed by atoms with Gasteiger partial charge in [-0.15, -0.1) is 34.4 Å². The van der Waals surface area contributed by atoms with Crippen molar-refractivity contribution in [1.29, 1.82) is 0 Å². The Kier molecular flexibility index (Phi) is 4.83. The van der Waals surface area contributed by atoms with E-state index in [1.165, 1.54) is 14.6 Å². The molecule has 0 spiro atoms. The van der Waals surface area contributed by atoms with Crippen LogP contribution in [-0.2, 0) is 17.6 Å². The monoisotopic (exact) mass is 282 g/mol. The van der Waals surface area contributed by atoms with E-state index >= 15 is 0 Å². The smallest absolute Gasteiger partial charge is 0.138 e. The van der Waals surface area contributed by atoms with E-state index in [0.717, 1.165) is 6.42 Å². The van der Waals surface area contributed by atoms with E-state index in [2.05, 4.69) is 17.7 Å². The van der Waals surface area contributed by atoms with E-state index in [-0.39, 0.29) is 0 Å². The predicted octanol–water partition coefficient (Wildman–Crippen LogP) is 4.28. The summed E-state index contributed by atoms with van der Waals surface area (Å²) in [6, 6.07) is 6.21. The van der Waals surface area contributed by atoms with Crippen molar-refractivity contribution in [3.63, 3.8) is 0 Å². The minimum Gasteiger partial charge on any atom is -0.299 e. The summed E-state index contributed by atoms with van der Waals surface area (Å²) in [6.07, 6.45) is 4.22. The molecule has 0 aliphatic carbocycles. The van der Waals surface area contributed by atoms with E-state index in [9.17, 15) is 4.79 Å². The summed E-state index contributed by atoms with van der Waals surface area (Å²) in [7, 11) is 0. The van der Waals surface area contributed by atoms with Crippen LogP contribution >= 0.6 is 34.4 Å². The van der Waals surface area contributed by atoms with E-state index in [0.29, 0.717) is 18.6 Å². The van der Waals surface area contributed by atoms with Crippen LogP contribution in [0.1, 0.15) is 16.2 Å². The average Bonchev–Trinajstić information content (AvgIpc) is 2.96. The van der Waals surface area contributed by atoms with Gasteiger partial charge in [-0.25, -0.2) is 0 Å². The SMILES string of the molecule is CSc1csc(CCC(=O)Cc2cccs2)c1. The van der Waals surface area contributed by atoms with Gasteiger partial charge in [0, 0.05) is 32.9 Å². The first kappa shape index (κ1) is 12.9. The third kappa shape index (κ3) is 3.98. The maximum absolute atomic E-state index is 11.8. The molecule has 4 heteroatoms. The Labute approximate surface area is 114 Å². The lowest BCUT2D eigenvalue weighted by molar-refractivity contribution is -0.118. The van der Waals surface area contributed by atoms with E-state index in [1.54, 1.807) is 34.4 Å². The summed E-state index contributed by atoms with van der Waals surface area (Å²) in [4.78, 5) is 15.6. The van der Waals surface area contributed by atoms with Crippen LogP contribution in [0.5, 0.6) is 0 Å². The van der Waals surface area contributed by atoms with Crippen molar-refractivity contribution in [2.24, 2.45) is 0 Å². The number of hydrogen-bond donors (Lipinski definition) is 0. The largest absolute Gasteiger partial charge is 0.299 e. The number of hydrogen-bond acceptors (Lipinski definition) is 4. The number of Topliss-reactive ketones (excluding diaryl/α,β-unsaturated/α-hetero) is 1. The van der Waals surface area contributed by atoms with Crippen LogP contribution in [0.3, 0.4) is 0 Å². The van der Waals surface area contributed by atoms with Gasteiger partial charge in [-0.1, -0.05) is 6.07 Å². The van der Waals surface area contributed by atoms with Gasteiger partial charge in [-0.05, 0) is 30.2 Å².